The third kappa shape index (κ3) is 3.95. The molecule has 0 aromatic heterocycles. The Morgan fingerprint density at radius 1 is 1.05 bits per heavy atom. The van der Waals surface area contributed by atoms with E-state index >= 15 is 0 Å². The molecule has 1 amide bonds. The van der Waals surface area contributed by atoms with Crippen LogP contribution in [0.2, 0.25) is 0 Å². The topological polar surface area (TPSA) is 49.3 Å². The molecular weight excluding hydrogens is 274 g/mol. The first-order valence-corrected chi connectivity index (χ1v) is 7.61. The molecule has 0 spiro atoms. The van der Waals surface area contributed by atoms with Crippen molar-refractivity contribution in [3.8, 4) is 0 Å². The number of hydrogen-bond donors (Lipinski definition) is 2. The van der Waals surface area contributed by atoms with Crippen molar-refractivity contribution in [2.24, 2.45) is 0 Å². The van der Waals surface area contributed by atoms with E-state index in [9.17, 15) is 9.90 Å². The number of aliphatic hydroxyl groups excluding tert-OH is 1. The SMILES string of the molecule is Cc1ccccc1[C@H](C)CC(=O)Nc1ccccc1[C@@H](C)O. The van der Waals surface area contributed by atoms with Crippen molar-refractivity contribution in [2.75, 3.05) is 5.32 Å². The van der Waals surface area contributed by atoms with Gasteiger partial charge in [0, 0.05) is 17.7 Å². The van der Waals surface area contributed by atoms with Crippen LogP contribution in [0.3, 0.4) is 0 Å². The van der Waals surface area contributed by atoms with Crippen LogP contribution in [-0.4, -0.2) is 11.0 Å². The summed E-state index contributed by atoms with van der Waals surface area (Å²) >= 11 is 0. The number of nitrogens with one attached hydrogen (secondary N) is 1. The summed E-state index contributed by atoms with van der Waals surface area (Å²) in [4.78, 5) is 12.3. The number of amides is 1. The van der Waals surface area contributed by atoms with E-state index in [0.717, 1.165) is 5.56 Å². The zero-order chi connectivity index (χ0) is 16.1. The molecule has 22 heavy (non-hydrogen) atoms. The van der Waals surface area contributed by atoms with Crippen molar-refractivity contribution in [1.29, 1.82) is 0 Å². The standard InChI is InChI=1S/C19H23NO2/c1-13-8-4-5-9-16(13)14(2)12-19(22)20-18-11-7-6-10-17(18)15(3)21/h4-11,14-15,21H,12H2,1-3H3,(H,20,22)/t14-,15-/m1/s1. The summed E-state index contributed by atoms with van der Waals surface area (Å²) in [7, 11) is 0. The normalized spacial score (nSPS) is 13.5. The number of aryl methyl sites for hydroxylation is 1. The number of carbonyl (C=O) groups is 1. The summed E-state index contributed by atoms with van der Waals surface area (Å²) in [6, 6.07) is 15.5. The smallest absolute Gasteiger partial charge is 0.224 e. The number of aliphatic hydroxyl groups is 1. The molecule has 0 bridgehead atoms. The van der Waals surface area contributed by atoms with Crippen LogP contribution in [0.25, 0.3) is 0 Å². The van der Waals surface area contributed by atoms with Crippen LogP contribution in [0.15, 0.2) is 48.5 Å². The van der Waals surface area contributed by atoms with Gasteiger partial charge in [0.25, 0.3) is 0 Å². The quantitative estimate of drug-likeness (QED) is 0.869. The molecule has 0 saturated heterocycles. The van der Waals surface area contributed by atoms with Crippen LogP contribution in [0.5, 0.6) is 0 Å². The lowest BCUT2D eigenvalue weighted by molar-refractivity contribution is -0.116. The minimum atomic E-state index is -0.606. The van der Waals surface area contributed by atoms with Crippen LogP contribution in [0.1, 0.15) is 49.0 Å². The Balaban J connectivity index is 2.06. The molecule has 116 valence electrons. The second-order valence-electron chi connectivity index (χ2n) is 5.77. The second kappa shape index (κ2) is 7.23. The van der Waals surface area contributed by atoms with Gasteiger partial charge in [0.1, 0.15) is 0 Å². The monoisotopic (exact) mass is 297 g/mol. The van der Waals surface area contributed by atoms with Crippen LogP contribution < -0.4 is 5.32 Å². The highest BCUT2D eigenvalue weighted by Crippen LogP contribution is 2.25. The molecule has 0 aliphatic carbocycles. The number of benzene rings is 2. The molecule has 0 radical (unpaired) electrons. The molecule has 0 aliphatic heterocycles. The first-order chi connectivity index (χ1) is 10.5. The Morgan fingerprint density at radius 3 is 2.27 bits per heavy atom. The highest BCUT2D eigenvalue weighted by atomic mass is 16.3. The first-order valence-electron chi connectivity index (χ1n) is 7.61. The van der Waals surface area contributed by atoms with Gasteiger partial charge in [0.15, 0.2) is 0 Å². The van der Waals surface area contributed by atoms with Gasteiger partial charge < -0.3 is 10.4 Å². The summed E-state index contributed by atoms with van der Waals surface area (Å²) in [5, 5.41) is 12.7. The first kappa shape index (κ1) is 16.2. The van der Waals surface area contributed by atoms with Crippen LogP contribution in [0, 0.1) is 6.92 Å². The van der Waals surface area contributed by atoms with Gasteiger partial charge in [-0.25, -0.2) is 0 Å². The zero-order valence-corrected chi connectivity index (χ0v) is 13.3. The zero-order valence-electron chi connectivity index (χ0n) is 13.3. The summed E-state index contributed by atoms with van der Waals surface area (Å²) in [6.07, 6.45) is -0.191. The lowest BCUT2D eigenvalue weighted by Gasteiger charge is -2.16. The van der Waals surface area contributed by atoms with E-state index in [1.54, 1.807) is 6.92 Å². The molecule has 2 aromatic carbocycles. The number of anilines is 1. The van der Waals surface area contributed by atoms with E-state index in [4.69, 9.17) is 0 Å². The largest absolute Gasteiger partial charge is 0.389 e. The fourth-order valence-electron chi connectivity index (χ4n) is 2.70. The van der Waals surface area contributed by atoms with Crippen molar-refractivity contribution in [3.63, 3.8) is 0 Å². The minimum Gasteiger partial charge on any atom is -0.389 e. The number of rotatable bonds is 5. The third-order valence-electron chi connectivity index (χ3n) is 3.90. The summed E-state index contributed by atoms with van der Waals surface area (Å²) in [6.45, 7) is 5.82. The molecule has 3 nitrogen and oxygen atoms in total. The molecular formula is C19H23NO2. The lowest BCUT2D eigenvalue weighted by atomic mass is 9.93. The Hall–Kier alpha value is -2.13. The summed E-state index contributed by atoms with van der Waals surface area (Å²) in [5.41, 5.74) is 3.81. The van der Waals surface area contributed by atoms with E-state index in [1.807, 2.05) is 36.4 Å². The highest BCUT2D eigenvalue weighted by molar-refractivity contribution is 5.92. The fraction of sp³-hybridized carbons (Fsp3) is 0.316. The third-order valence-corrected chi connectivity index (χ3v) is 3.90. The van der Waals surface area contributed by atoms with Gasteiger partial charge in [-0.1, -0.05) is 49.4 Å². The van der Waals surface area contributed by atoms with Gasteiger partial charge in [-0.2, -0.15) is 0 Å². The van der Waals surface area contributed by atoms with E-state index < -0.39 is 6.10 Å². The molecule has 3 heteroatoms. The van der Waals surface area contributed by atoms with Gasteiger partial charge in [-0.3, -0.25) is 4.79 Å². The Bertz CT molecular complexity index is 649. The molecule has 2 atom stereocenters. The Labute approximate surface area is 132 Å². The van der Waals surface area contributed by atoms with Crippen molar-refractivity contribution >= 4 is 11.6 Å². The minimum absolute atomic E-state index is 0.0381. The van der Waals surface area contributed by atoms with Gasteiger partial charge in [-0.05, 0) is 37.0 Å². The highest BCUT2D eigenvalue weighted by Gasteiger charge is 2.15. The van der Waals surface area contributed by atoms with E-state index in [2.05, 4.69) is 31.3 Å². The molecule has 0 aliphatic rings. The van der Waals surface area contributed by atoms with Crippen molar-refractivity contribution in [1.82, 2.24) is 0 Å². The maximum absolute atomic E-state index is 12.3. The Kier molecular flexibility index (Phi) is 5.34. The molecule has 0 heterocycles. The predicted molar refractivity (Wildman–Crippen MR) is 89.9 cm³/mol. The van der Waals surface area contributed by atoms with Gasteiger partial charge in [-0.15, -0.1) is 0 Å². The number of hydrogen-bond acceptors (Lipinski definition) is 2. The van der Waals surface area contributed by atoms with E-state index in [0.29, 0.717) is 12.1 Å². The lowest BCUT2D eigenvalue weighted by Crippen LogP contribution is -2.16. The Morgan fingerprint density at radius 2 is 1.64 bits per heavy atom. The van der Waals surface area contributed by atoms with Gasteiger partial charge in [0.05, 0.1) is 6.10 Å². The molecule has 2 aromatic rings. The van der Waals surface area contributed by atoms with Crippen molar-refractivity contribution in [3.05, 3.63) is 65.2 Å². The molecule has 0 saturated carbocycles. The molecule has 2 rings (SSSR count). The van der Waals surface area contributed by atoms with Crippen molar-refractivity contribution in [2.45, 2.75) is 39.2 Å². The fourth-order valence-corrected chi connectivity index (χ4v) is 2.70. The number of para-hydroxylation sites is 1. The molecule has 2 N–H and O–H groups in total. The molecule has 0 fully saturated rings. The van der Waals surface area contributed by atoms with Crippen LogP contribution in [-0.2, 0) is 4.79 Å². The van der Waals surface area contributed by atoms with Gasteiger partial charge in [0.2, 0.25) is 5.91 Å². The maximum atomic E-state index is 12.3. The van der Waals surface area contributed by atoms with Gasteiger partial charge >= 0.3 is 0 Å². The summed E-state index contributed by atoms with van der Waals surface area (Å²) in [5.74, 6) is 0.115. The average Bonchev–Trinajstić information content (AvgIpc) is 2.47. The van der Waals surface area contributed by atoms with Crippen LogP contribution in [0.4, 0.5) is 5.69 Å². The van der Waals surface area contributed by atoms with E-state index in [1.165, 1.54) is 11.1 Å². The number of carbonyl (C=O) groups excluding carboxylic acids is 1. The van der Waals surface area contributed by atoms with Crippen molar-refractivity contribution < 1.29 is 9.90 Å². The average molecular weight is 297 g/mol. The molecule has 0 unspecified atom stereocenters. The van der Waals surface area contributed by atoms with E-state index in [-0.39, 0.29) is 11.8 Å². The second-order valence-corrected chi connectivity index (χ2v) is 5.77. The summed E-state index contributed by atoms with van der Waals surface area (Å²) < 4.78 is 0. The predicted octanol–water partition coefficient (Wildman–Crippen LogP) is 4.18. The van der Waals surface area contributed by atoms with Crippen LogP contribution >= 0.6 is 0 Å². The maximum Gasteiger partial charge on any atom is 0.224 e.